The highest BCUT2D eigenvalue weighted by atomic mass is 28.4. The van der Waals surface area contributed by atoms with E-state index in [0.717, 1.165) is 12.8 Å². The topological polar surface area (TPSA) is 29.5 Å². The first-order chi connectivity index (χ1) is 8.30. The van der Waals surface area contributed by atoms with E-state index in [9.17, 15) is 5.11 Å². The lowest BCUT2D eigenvalue weighted by Gasteiger charge is -2.44. The fraction of sp³-hybridized carbons (Fsp3) is 0.867. The van der Waals surface area contributed by atoms with Gasteiger partial charge in [0.1, 0.15) is 0 Å². The highest BCUT2D eigenvalue weighted by Gasteiger charge is 2.46. The molecule has 0 bridgehead atoms. The summed E-state index contributed by atoms with van der Waals surface area (Å²) in [7, 11) is -1.77. The van der Waals surface area contributed by atoms with Gasteiger partial charge in [0.2, 0.25) is 8.32 Å². The molecule has 3 heteroatoms. The highest BCUT2D eigenvalue weighted by Crippen LogP contribution is 2.43. The van der Waals surface area contributed by atoms with Crippen molar-refractivity contribution in [3.05, 3.63) is 12.2 Å². The van der Waals surface area contributed by atoms with Crippen molar-refractivity contribution < 1.29 is 9.53 Å². The van der Waals surface area contributed by atoms with Gasteiger partial charge in [-0.15, -0.1) is 0 Å². The van der Waals surface area contributed by atoms with Crippen molar-refractivity contribution in [2.75, 3.05) is 0 Å². The van der Waals surface area contributed by atoms with Crippen LogP contribution in [0, 0.1) is 0 Å². The van der Waals surface area contributed by atoms with Crippen molar-refractivity contribution in [3.63, 3.8) is 0 Å². The first kappa shape index (κ1) is 15.9. The Morgan fingerprint density at radius 3 is 1.78 bits per heavy atom. The van der Waals surface area contributed by atoms with Gasteiger partial charge in [0.05, 0.1) is 12.2 Å². The largest absolute Gasteiger partial charge is 0.410 e. The maximum atomic E-state index is 9.52. The zero-order chi connectivity index (χ0) is 13.9. The molecule has 0 aliphatic heterocycles. The van der Waals surface area contributed by atoms with E-state index in [0.29, 0.717) is 16.6 Å². The molecule has 106 valence electrons. The average molecular weight is 270 g/mol. The van der Waals surface area contributed by atoms with Crippen LogP contribution in [-0.4, -0.2) is 25.6 Å². The predicted molar refractivity (Wildman–Crippen MR) is 80.3 cm³/mol. The fourth-order valence-corrected chi connectivity index (χ4v) is 9.09. The first-order valence-electron chi connectivity index (χ1n) is 7.34. The molecule has 1 rings (SSSR count). The molecular weight excluding hydrogens is 240 g/mol. The summed E-state index contributed by atoms with van der Waals surface area (Å²) in [6, 6.07) is 0. The third-order valence-corrected chi connectivity index (χ3v) is 10.5. The van der Waals surface area contributed by atoms with Crippen LogP contribution in [-0.2, 0) is 4.43 Å². The van der Waals surface area contributed by atoms with Crippen LogP contribution in [0.25, 0.3) is 0 Å². The van der Waals surface area contributed by atoms with Crippen LogP contribution in [0.1, 0.15) is 54.4 Å². The van der Waals surface area contributed by atoms with Crippen LogP contribution in [0.2, 0.25) is 16.6 Å². The predicted octanol–water partition coefficient (Wildman–Crippen LogP) is 4.26. The van der Waals surface area contributed by atoms with E-state index in [1.807, 2.05) is 6.08 Å². The molecule has 18 heavy (non-hydrogen) atoms. The third-order valence-electron chi connectivity index (χ3n) is 4.36. The summed E-state index contributed by atoms with van der Waals surface area (Å²) in [4.78, 5) is 0. The quantitative estimate of drug-likeness (QED) is 0.597. The normalized spacial score (nSPS) is 25.4. The number of aliphatic hydroxyl groups is 1. The molecule has 1 N–H and O–H groups in total. The first-order valence-corrected chi connectivity index (χ1v) is 9.48. The van der Waals surface area contributed by atoms with Crippen LogP contribution < -0.4 is 0 Å². The SMILES string of the molecule is CC(C)[Si](O[C@@H]1C=C[C@@H](O)CC1)(C(C)C)C(C)C. The van der Waals surface area contributed by atoms with Crippen LogP contribution >= 0.6 is 0 Å². The van der Waals surface area contributed by atoms with E-state index in [1.54, 1.807) is 0 Å². The van der Waals surface area contributed by atoms with Crippen molar-refractivity contribution in [1.82, 2.24) is 0 Å². The maximum absolute atomic E-state index is 9.52. The standard InChI is InChI=1S/C15H30O2Si/c1-11(2)18(12(3)4,13(5)6)17-15-9-7-14(16)8-10-15/h7,9,11-16H,8,10H2,1-6H3/t14-,15-/m1/s1. The molecule has 0 heterocycles. The number of hydrogen-bond acceptors (Lipinski definition) is 2. The molecule has 2 atom stereocenters. The van der Waals surface area contributed by atoms with E-state index in [-0.39, 0.29) is 12.2 Å². The van der Waals surface area contributed by atoms with Gasteiger partial charge in [-0.3, -0.25) is 0 Å². The molecule has 0 amide bonds. The Bertz CT molecular complexity index is 262. The second kappa shape index (κ2) is 6.35. The molecule has 2 nitrogen and oxygen atoms in total. The van der Waals surface area contributed by atoms with Crippen molar-refractivity contribution in [2.45, 2.75) is 83.2 Å². The fourth-order valence-electron chi connectivity index (χ4n) is 3.55. The van der Waals surface area contributed by atoms with Crippen molar-refractivity contribution >= 4 is 8.32 Å². The molecule has 0 fully saturated rings. The van der Waals surface area contributed by atoms with Crippen LogP contribution in [0.3, 0.4) is 0 Å². The summed E-state index contributed by atoms with van der Waals surface area (Å²) in [6.07, 6.45) is 5.71. The van der Waals surface area contributed by atoms with Crippen molar-refractivity contribution in [1.29, 1.82) is 0 Å². The summed E-state index contributed by atoms with van der Waals surface area (Å²) < 4.78 is 6.65. The summed E-state index contributed by atoms with van der Waals surface area (Å²) in [5.74, 6) is 0. The molecule has 0 saturated heterocycles. The molecule has 0 saturated carbocycles. The van der Waals surface area contributed by atoms with E-state index < -0.39 is 8.32 Å². The lowest BCUT2D eigenvalue weighted by molar-refractivity contribution is 0.146. The smallest absolute Gasteiger partial charge is 0.201 e. The Morgan fingerprint density at radius 2 is 1.44 bits per heavy atom. The summed E-state index contributed by atoms with van der Waals surface area (Å²) in [6.45, 7) is 13.9. The Hall–Kier alpha value is -0.123. The molecule has 1 aliphatic rings. The van der Waals surface area contributed by atoms with Crippen LogP contribution in [0.15, 0.2) is 12.2 Å². The van der Waals surface area contributed by atoms with Crippen molar-refractivity contribution in [2.24, 2.45) is 0 Å². The van der Waals surface area contributed by atoms with Gasteiger partial charge in [0, 0.05) is 0 Å². The van der Waals surface area contributed by atoms with E-state index in [4.69, 9.17) is 4.43 Å². The van der Waals surface area contributed by atoms with Gasteiger partial charge in [-0.1, -0.05) is 53.7 Å². The number of aliphatic hydroxyl groups excluding tert-OH is 1. The van der Waals surface area contributed by atoms with Gasteiger partial charge in [0.15, 0.2) is 0 Å². The minimum Gasteiger partial charge on any atom is -0.410 e. The number of hydrogen-bond donors (Lipinski definition) is 1. The van der Waals surface area contributed by atoms with Gasteiger partial charge in [-0.25, -0.2) is 0 Å². The zero-order valence-corrected chi connectivity index (χ0v) is 13.8. The third kappa shape index (κ3) is 3.25. The molecular formula is C15H30O2Si. The lowest BCUT2D eigenvalue weighted by Crippen LogP contribution is -2.50. The molecule has 0 aromatic heterocycles. The zero-order valence-electron chi connectivity index (χ0n) is 12.8. The van der Waals surface area contributed by atoms with Gasteiger partial charge in [-0.2, -0.15) is 0 Å². The molecule has 0 aromatic carbocycles. The Balaban J connectivity index is 2.88. The minimum atomic E-state index is -1.77. The Labute approximate surface area is 114 Å². The van der Waals surface area contributed by atoms with Gasteiger partial charge in [0.25, 0.3) is 0 Å². The van der Waals surface area contributed by atoms with Gasteiger partial charge in [-0.05, 0) is 29.5 Å². The maximum Gasteiger partial charge on any atom is 0.201 e. The summed E-state index contributed by atoms with van der Waals surface area (Å²) in [5.41, 5.74) is 1.87. The van der Waals surface area contributed by atoms with E-state index in [1.165, 1.54) is 0 Å². The second-order valence-electron chi connectivity index (χ2n) is 6.50. The van der Waals surface area contributed by atoms with Gasteiger partial charge >= 0.3 is 0 Å². The van der Waals surface area contributed by atoms with E-state index >= 15 is 0 Å². The molecule has 0 aromatic rings. The Morgan fingerprint density at radius 1 is 0.944 bits per heavy atom. The molecule has 0 spiro atoms. The van der Waals surface area contributed by atoms with Crippen LogP contribution in [0.5, 0.6) is 0 Å². The minimum absolute atomic E-state index is 0.215. The lowest BCUT2D eigenvalue weighted by atomic mass is 10.0. The summed E-state index contributed by atoms with van der Waals surface area (Å²) >= 11 is 0. The molecule has 1 aliphatic carbocycles. The average Bonchev–Trinajstić information content (AvgIpc) is 2.26. The molecule has 0 unspecified atom stereocenters. The Kier molecular flexibility index (Phi) is 5.62. The van der Waals surface area contributed by atoms with E-state index in [2.05, 4.69) is 47.6 Å². The molecule has 0 radical (unpaired) electrons. The van der Waals surface area contributed by atoms with Crippen LogP contribution in [0.4, 0.5) is 0 Å². The van der Waals surface area contributed by atoms with Crippen molar-refractivity contribution in [3.8, 4) is 0 Å². The van der Waals surface area contributed by atoms with Gasteiger partial charge < -0.3 is 9.53 Å². The second-order valence-corrected chi connectivity index (χ2v) is 11.9. The number of rotatable bonds is 5. The monoisotopic (exact) mass is 270 g/mol. The highest BCUT2D eigenvalue weighted by molar-refractivity contribution is 6.77. The summed E-state index contributed by atoms with van der Waals surface area (Å²) in [5, 5.41) is 9.52.